The molecule has 112 valence electrons. The lowest BCUT2D eigenvalue weighted by molar-refractivity contribution is -0.134. The largest absolute Gasteiger partial charge is 0.336 e. The molecule has 0 saturated heterocycles. The fourth-order valence-corrected chi connectivity index (χ4v) is 2.21. The molecule has 0 aromatic heterocycles. The molecule has 3 nitrogen and oxygen atoms in total. The molecule has 1 unspecified atom stereocenters. The predicted molar refractivity (Wildman–Crippen MR) is 85.0 cm³/mol. The number of nitrogens with zero attached hydrogens (tertiary/aromatic N) is 1. The summed E-state index contributed by atoms with van der Waals surface area (Å²) in [7, 11) is 0. The van der Waals surface area contributed by atoms with Crippen molar-refractivity contribution in [2.24, 2.45) is 11.7 Å². The molecule has 5 heteroatoms. The Morgan fingerprint density at radius 3 is 2.40 bits per heavy atom. The smallest absolute Gasteiger partial charge is 0.223 e. The van der Waals surface area contributed by atoms with Crippen molar-refractivity contribution in [1.29, 1.82) is 0 Å². The highest BCUT2D eigenvalue weighted by molar-refractivity contribution is 6.42. The Morgan fingerprint density at radius 2 is 1.90 bits per heavy atom. The molecule has 0 fully saturated rings. The van der Waals surface area contributed by atoms with Crippen LogP contribution < -0.4 is 5.73 Å². The Kier molecular flexibility index (Phi) is 6.80. The highest BCUT2D eigenvalue weighted by Gasteiger charge is 2.19. The molecule has 0 spiro atoms. The van der Waals surface area contributed by atoms with Crippen LogP contribution in [0, 0.1) is 5.92 Å². The van der Waals surface area contributed by atoms with Gasteiger partial charge in [-0.25, -0.2) is 0 Å². The lowest BCUT2D eigenvalue weighted by Gasteiger charge is -2.28. The first-order chi connectivity index (χ1) is 9.35. The maximum atomic E-state index is 12.3. The number of amides is 1. The molecule has 0 radical (unpaired) electrons. The molecule has 1 amide bonds. The molecule has 0 aliphatic rings. The van der Waals surface area contributed by atoms with Crippen LogP contribution in [-0.4, -0.2) is 23.4 Å². The number of hydrogen-bond acceptors (Lipinski definition) is 2. The van der Waals surface area contributed by atoms with Gasteiger partial charge < -0.3 is 10.6 Å². The average molecular weight is 317 g/mol. The fourth-order valence-electron chi connectivity index (χ4n) is 1.89. The number of benzene rings is 1. The monoisotopic (exact) mass is 316 g/mol. The van der Waals surface area contributed by atoms with Gasteiger partial charge in [-0.3, -0.25) is 4.79 Å². The molecular weight excluding hydrogens is 295 g/mol. The number of nitrogens with two attached hydrogens (primary N) is 1. The number of halogens is 2. The lowest BCUT2D eigenvalue weighted by atomic mass is 10.1. The zero-order chi connectivity index (χ0) is 15.3. The normalized spacial score (nSPS) is 12.6. The maximum Gasteiger partial charge on any atom is 0.223 e. The minimum absolute atomic E-state index is 0.115. The van der Waals surface area contributed by atoms with Crippen molar-refractivity contribution in [3.8, 4) is 0 Å². The van der Waals surface area contributed by atoms with E-state index in [0.29, 0.717) is 29.6 Å². The van der Waals surface area contributed by atoms with Gasteiger partial charge in [-0.1, -0.05) is 36.2 Å². The fraction of sp³-hybridized carbons (Fsp3) is 0.533. The van der Waals surface area contributed by atoms with E-state index >= 15 is 0 Å². The van der Waals surface area contributed by atoms with Gasteiger partial charge in [0.15, 0.2) is 0 Å². The van der Waals surface area contributed by atoms with Gasteiger partial charge in [-0.15, -0.1) is 0 Å². The summed E-state index contributed by atoms with van der Waals surface area (Å²) in [5, 5.41) is 1.03. The van der Waals surface area contributed by atoms with E-state index in [2.05, 4.69) is 0 Å². The summed E-state index contributed by atoms with van der Waals surface area (Å²) in [6.45, 7) is 7.04. The minimum Gasteiger partial charge on any atom is -0.336 e. The van der Waals surface area contributed by atoms with E-state index in [1.165, 1.54) is 0 Å². The highest BCUT2D eigenvalue weighted by atomic mass is 35.5. The summed E-state index contributed by atoms with van der Waals surface area (Å²) in [5.41, 5.74) is 6.56. The van der Waals surface area contributed by atoms with Gasteiger partial charge in [0.1, 0.15) is 0 Å². The van der Waals surface area contributed by atoms with Crippen molar-refractivity contribution < 1.29 is 4.79 Å². The van der Waals surface area contributed by atoms with Gasteiger partial charge in [-0.2, -0.15) is 0 Å². The van der Waals surface area contributed by atoms with Crippen molar-refractivity contribution in [3.05, 3.63) is 33.8 Å². The van der Waals surface area contributed by atoms with Gasteiger partial charge in [0.05, 0.1) is 10.0 Å². The summed E-state index contributed by atoms with van der Waals surface area (Å²) in [4.78, 5) is 14.2. The molecule has 0 aliphatic heterocycles. The summed E-state index contributed by atoms with van der Waals surface area (Å²) < 4.78 is 0. The van der Waals surface area contributed by atoms with Gasteiger partial charge >= 0.3 is 0 Å². The quantitative estimate of drug-likeness (QED) is 0.869. The lowest BCUT2D eigenvalue weighted by Crippen LogP contribution is -2.37. The van der Waals surface area contributed by atoms with Gasteiger partial charge in [0.2, 0.25) is 5.91 Å². The van der Waals surface area contributed by atoms with Crippen molar-refractivity contribution >= 4 is 29.1 Å². The topological polar surface area (TPSA) is 46.3 Å². The first-order valence-corrected chi connectivity index (χ1v) is 7.54. The van der Waals surface area contributed by atoms with E-state index in [-0.39, 0.29) is 17.9 Å². The molecular formula is C15H22Cl2N2O. The zero-order valence-corrected chi connectivity index (χ0v) is 13.7. The van der Waals surface area contributed by atoms with Crippen molar-refractivity contribution in [2.75, 3.05) is 6.54 Å². The summed E-state index contributed by atoms with van der Waals surface area (Å²) >= 11 is 11.9. The van der Waals surface area contributed by atoms with E-state index in [1.807, 2.05) is 31.7 Å². The molecule has 0 saturated carbocycles. The van der Waals surface area contributed by atoms with Crippen LogP contribution >= 0.6 is 23.2 Å². The van der Waals surface area contributed by atoms with Crippen LogP contribution in [0.1, 0.15) is 32.8 Å². The van der Waals surface area contributed by atoms with Gasteiger partial charge in [-0.05, 0) is 44.0 Å². The second-order valence-corrected chi connectivity index (χ2v) is 6.22. The minimum atomic E-state index is 0.115. The maximum absolute atomic E-state index is 12.3. The molecule has 0 heterocycles. The van der Waals surface area contributed by atoms with Crippen LogP contribution in [-0.2, 0) is 11.3 Å². The van der Waals surface area contributed by atoms with E-state index in [9.17, 15) is 4.79 Å². The number of carbonyl (C=O) groups excluding carboxylic acids is 1. The van der Waals surface area contributed by atoms with Crippen molar-refractivity contribution in [3.63, 3.8) is 0 Å². The third-order valence-corrected chi connectivity index (χ3v) is 3.95. The van der Waals surface area contributed by atoms with E-state index < -0.39 is 0 Å². The molecule has 0 bridgehead atoms. The molecule has 1 aromatic carbocycles. The first kappa shape index (κ1) is 17.3. The van der Waals surface area contributed by atoms with Crippen molar-refractivity contribution in [2.45, 2.75) is 39.8 Å². The Hall–Kier alpha value is -0.770. The average Bonchev–Trinajstić information content (AvgIpc) is 2.39. The van der Waals surface area contributed by atoms with Crippen LogP contribution in [0.2, 0.25) is 10.0 Å². The Bertz CT molecular complexity index is 463. The Balaban J connectivity index is 2.81. The van der Waals surface area contributed by atoms with E-state index in [4.69, 9.17) is 28.9 Å². The van der Waals surface area contributed by atoms with Crippen LogP contribution in [0.4, 0.5) is 0 Å². The highest BCUT2D eigenvalue weighted by Crippen LogP contribution is 2.24. The second kappa shape index (κ2) is 7.87. The van der Waals surface area contributed by atoms with E-state index in [0.717, 1.165) is 5.56 Å². The van der Waals surface area contributed by atoms with Crippen molar-refractivity contribution in [1.82, 2.24) is 4.90 Å². The predicted octanol–water partition coefficient (Wildman–Crippen LogP) is 3.72. The third kappa shape index (κ3) is 4.97. The van der Waals surface area contributed by atoms with Gasteiger partial charge in [0, 0.05) is 19.0 Å². The van der Waals surface area contributed by atoms with Crippen LogP contribution in [0.25, 0.3) is 0 Å². The molecule has 1 atom stereocenters. The van der Waals surface area contributed by atoms with Crippen LogP contribution in [0.15, 0.2) is 18.2 Å². The Morgan fingerprint density at radius 1 is 1.25 bits per heavy atom. The summed E-state index contributed by atoms with van der Waals surface area (Å²) in [6, 6.07) is 5.58. The molecule has 1 rings (SSSR count). The molecule has 20 heavy (non-hydrogen) atoms. The molecule has 0 aliphatic carbocycles. The summed E-state index contributed by atoms with van der Waals surface area (Å²) in [5.74, 6) is 0.307. The summed E-state index contributed by atoms with van der Waals surface area (Å²) in [6.07, 6.45) is 0.468. The van der Waals surface area contributed by atoms with E-state index in [1.54, 1.807) is 12.1 Å². The third-order valence-electron chi connectivity index (χ3n) is 3.21. The molecule has 1 aromatic rings. The molecule has 2 N–H and O–H groups in total. The Labute approximate surface area is 131 Å². The first-order valence-electron chi connectivity index (χ1n) is 6.78. The number of carbonyl (C=O) groups is 1. The number of rotatable bonds is 6. The standard InChI is InChI=1S/C15H22Cl2N2O/c1-10(2)19(15(20)6-11(3)8-18)9-12-4-5-13(16)14(17)7-12/h4-5,7,10-11H,6,8-9,18H2,1-3H3. The number of hydrogen-bond donors (Lipinski definition) is 1. The second-order valence-electron chi connectivity index (χ2n) is 5.41. The van der Waals surface area contributed by atoms with Crippen LogP contribution in [0.5, 0.6) is 0 Å². The van der Waals surface area contributed by atoms with Crippen LogP contribution in [0.3, 0.4) is 0 Å². The SMILES string of the molecule is CC(CN)CC(=O)N(Cc1ccc(Cl)c(Cl)c1)C(C)C. The van der Waals surface area contributed by atoms with Gasteiger partial charge in [0.25, 0.3) is 0 Å². The zero-order valence-electron chi connectivity index (χ0n) is 12.2.